The summed E-state index contributed by atoms with van der Waals surface area (Å²) >= 11 is 0. The van der Waals surface area contributed by atoms with Gasteiger partial charge in [0, 0.05) is 34.0 Å². The molecular formula is C36H39N3O6S. The van der Waals surface area contributed by atoms with Crippen molar-refractivity contribution in [3.63, 3.8) is 0 Å². The average molecular weight is 642 g/mol. The van der Waals surface area contributed by atoms with Gasteiger partial charge < -0.3 is 30.5 Å². The van der Waals surface area contributed by atoms with Gasteiger partial charge in [-0.15, -0.1) is 10.5 Å². The number of methoxy groups -OCH3 is 1. The molecule has 0 saturated heterocycles. The third-order valence-corrected chi connectivity index (χ3v) is 12.8. The molecule has 2 saturated carbocycles. The molecule has 46 heavy (non-hydrogen) atoms. The smallest absolute Gasteiger partial charge is 0.328 e. The highest BCUT2D eigenvalue weighted by Crippen LogP contribution is 2.58. The molecule has 10 heteroatoms. The maximum atomic E-state index is 13.9. The van der Waals surface area contributed by atoms with Gasteiger partial charge in [0.25, 0.3) is 5.91 Å². The van der Waals surface area contributed by atoms with Gasteiger partial charge in [-0.05, 0) is 90.2 Å². The lowest BCUT2D eigenvalue weighted by Gasteiger charge is -2.41. The van der Waals surface area contributed by atoms with E-state index >= 15 is 0 Å². The Labute approximate surface area is 271 Å². The summed E-state index contributed by atoms with van der Waals surface area (Å²) in [5.74, 6) is -0.574. The van der Waals surface area contributed by atoms with Crippen LogP contribution < -0.4 is 16.0 Å². The monoisotopic (exact) mass is 641 g/mol. The molecule has 0 bridgehead atoms. The number of carboxylic acids is 1. The van der Waals surface area contributed by atoms with E-state index in [2.05, 4.69) is 28.1 Å². The number of anilines is 1. The van der Waals surface area contributed by atoms with Crippen molar-refractivity contribution in [3.05, 3.63) is 93.5 Å². The molecule has 7 rings (SSSR count). The molecule has 2 fully saturated rings. The number of fused-ring (bicyclic) bond motifs is 4. The lowest BCUT2D eigenvalue weighted by molar-refractivity contribution is -0.132. The van der Waals surface area contributed by atoms with Crippen molar-refractivity contribution in [1.29, 1.82) is 0 Å². The molecule has 0 spiro atoms. The number of benzene rings is 1. The van der Waals surface area contributed by atoms with E-state index in [-0.39, 0.29) is 28.2 Å². The van der Waals surface area contributed by atoms with Crippen LogP contribution in [0.5, 0.6) is 0 Å². The van der Waals surface area contributed by atoms with Crippen LogP contribution in [0.25, 0.3) is 6.08 Å². The Balaban J connectivity index is 1.14. The zero-order valence-electron chi connectivity index (χ0n) is 25.9. The first-order valence-electron chi connectivity index (χ1n) is 16.1. The van der Waals surface area contributed by atoms with Crippen molar-refractivity contribution in [2.45, 2.75) is 62.2 Å². The fourth-order valence-corrected chi connectivity index (χ4v) is 10.6. The number of ether oxygens (including phenoxy) is 2. The number of hydrogen-bond acceptors (Lipinski definition) is 6. The van der Waals surface area contributed by atoms with Gasteiger partial charge in [-0.1, -0.05) is 31.4 Å². The van der Waals surface area contributed by atoms with E-state index in [4.69, 9.17) is 14.6 Å². The van der Waals surface area contributed by atoms with Crippen LogP contribution in [0.1, 0.15) is 56.9 Å². The predicted molar refractivity (Wildman–Crippen MR) is 180 cm³/mol. The highest BCUT2D eigenvalue weighted by molar-refractivity contribution is 8.20. The first kappa shape index (κ1) is 30.3. The molecule has 2 amide bonds. The fraction of sp³-hybridized carbons (Fsp3) is 0.389. The molecule has 3 aliphatic heterocycles. The number of amides is 2. The number of rotatable bonds is 8. The van der Waals surface area contributed by atoms with Crippen LogP contribution in [-0.2, 0) is 23.9 Å². The maximum absolute atomic E-state index is 13.9. The van der Waals surface area contributed by atoms with Crippen LogP contribution in [0.2, 0.25) is 0 Å². The lowest BCUT2D eigenvalue weighted by atomic mass is 9.75. The molecule has 3 heterocycles. The normalized spacial score (nSPS) is 24.8. The molecule has 0 radical (unpaired) electrons. The van der Waals surface area contributed by atoms with Crippen molar-refractivity contribution >= 4 is 44.9 Å². The summed E-state index contributed by atoms with van der Waals surface area (Å²) in [6.45, 7) is 0.956. The Morgan fingerprint density at radius 2 is 1.87 bits per heavy atom. The highest BCUT2D eigenvalue weighted by Gasteiger charge is 2.47. The predicted octanol–water partition coefficient (Wildman–Crippen LogP) is 5.29. The van der Waals surface area contributed by atoms with Crippen LogP contribution in [0.15, 0.2) is 87.9 Å². The van der Waals surface area contributed by atoms with E-state index < -0.39 is 11.5 Å². The van der Waals surface area contributed by atoms with Crippen LogP contribution in [0.3, 0.4) is 0 Å². The lowest BCUT2D eigenvalue weighted by Crippen LogP contribution is -2.62. The maximum Gasteiger partial charge on any atom is 0.328 e. The number of allylic oxidation sites excluding steroid dienone is 5. The van der Waals surface area contributed by atoms with Crippen LogP contribution in [0, 0.1) is 5.92 Å². The van der Waals surface area contributed by atoms with Crippen LogP contribution in [0.4, 0.5) is 5.69 Å². The minimum atomic E-state index is -1.02. The van der Waals surface area contributed by atoms with Gasteiger partial charge in [0.2, 0.25) is 5.91 Å². The average Bonchev–Trinajstić information content (AvgIpc) is 3.55. The Kier molecular flexibility index (Phi) is 8.23. The molecule has 3 aliphatic carbocycles. The number of carbonyl (C=O) groups is 3. The Morgan fingerprint density at radius 3 is 2.57 bits per heavy atom. The molecule has 4 N–H and O–H groups in total. The zero-order chi connectivity index (χ0) is 31.8. The van der Waals surface area contributed by atoms with Crippen molar-refractivity contribution in [2.24, 2.45) is 5.92 Å². The number of aliphatic carboxylic acids is 1. The van der Waals surface area contributed by atoms with Crippen molar-refractivity contribution in [1.82, 2.24) is 10.6 Å². The molecule has 1 aromatic carbocycles. The number of carboxylic acid groups (broad SMARTS) is 1. The van der Waals surface area contributed by atoms with E-state index in [0.717, 1.165) is 35.0 Å². The van der Waals surface area contributed by atoms with Gasteiger partial charge in [-0.2, -0.15) is 0 Å². The van der Waals surface area contributed by atoms with Gasteiger partial charge >= 0.3 is 5.97 Å². The van der Waals surface area contributed by atoms with E-state index in [9.17, 15) is 14.4 Å². The highest BCUT2D eigenvalue weighted by atomic mass is 32.2. The SMILES string of the molecule is COC1=CC=C2C1C1=COCC3=C(C=C(C(=O)NC4(C(=O)Nc5ccc(/C=C/C(=O)O)cc5)CCC4)NC3)C1=S2C1CCCCC1. The minimum Gasteiger partial charge on any atom is -0.500 e. The van der Waals surface area contributed by atoms with Crippen molar-refractivity contribution in [3.8, 4) is 0 Å². The summed E-state index contributed by atoms with van der Waals surface area (Å²) in [4.78, 5) is 40.9. The van der Waals surface area contributed by atoms with Gasteiger partial charge in [0.05, 0.1) is 19.3 Å². The van der Waals surface area contributed by atoms with Crippen LogP contribution >= 0.6 is 10.5 Å². The number of dihydropyridines is 1. The molecule has 240 valence electrons. The molecule has 2 atom stereocenters. The van der Waals surface area contributed by atoms with Gasteiger partial charge in [-0.25, -0.2) is 4.79 Å². The summed E-state index contributed by atoms with van der Waals surface area (Å²) in [7, 11) is 1.61. The van der Waals surface area contributed by atoms with Gasteiger partial charge in [0.15, 0.2) is 0 Å². The second-order valence-electron chi connectivity index (χ2n) is 12.7. The third kappa shape index (κ3) is 5.53. The third-order valence-electron chi connectivity index (χ3n) is 9.85. The zero-order valence-corrected chi connectivity index (χ0v) is 26.7. The fourth-order valence-electron chi connectivity index (χ4n) is 7.27. The number of nitrogens with one attached hydrogen (secondary N) is 3. The second kappa shape index (κ2) is 12.5. The second-order valence-corrected chi connectivity index (χ2v) is 14.9. The van der Waals surface area contributed by atoms with E-state index in [1.807, 2.05) is 12.3 Å². The Bertz CT molecular complexity index is 1700. The Hall–Kier alpha value is -4.31. The molecule has 0 aromatic heterocycles. The summed E-state index contributed by atoms with van der Waals surface area (Å²) in [5.41, 5.74) is 4.12. The first-order chi connectivity index (χ1) is 22.4. The summed E-state index contributed by atoms with van der Waals surface area (Å²) in [6, 6.07) is 6.92. The Morgan fingerprint density at radius 1 is 1.09 bits per heavy atom. The topological polar surface area (TPSA) is 126 Å². The quantitative estimate of drug-likeness (QED) is 0.225. The molecule has 9 nitrogen and oxygen atoms in total. The first-order valence-corrected chi connectivity index (χ1v) is 17.4. The molecule has 2 unspecified atom stereocenters. The number of carbonyl (C=O) groups excluding carboxylic acids is 2. The molecular weight excluding hydrogens is 602 g/mol. The summed E-state index contributed by atoms with van der Waals surface area (Å²) in [5, 5.41) is 18.8. The van der Waals surface area contributed by atoms with E-state index in [1.165, 1.54) is 47.9 Å². The number of hydrogen-bond donors (Lipinski definition) is 4. The molecule has 1 aromatic rings. The molecule has 6 aliphatic rings. The van der Waals surface area contributed by atoms with Gasteiger partial charge in [0.1, 0.15) is 23.6 Å². The minimum absolute atomic E-state index is 0.0573. The largest absolute Gasteiger partial charge is 0.500 e. The van der Waals surface area contributed by atoms with E-state index in [1.54, 1.807) is 31.4 Å². The van der Waals surface area contributed by atoms with Crippen molar-refractivity contribution in [2.75, 3.05) is 25.6 Å². The van der Waals surface area contributed by atoms with E-state index in [0.29, 0.717) is 48.2 Å². The summed E-state index contributed by atoms with van der Waals surface area (Å²) in [6.07, 6.45) is 18.9. The van der Waals surface area contributed by atoms with Gasteiger partial charge in [-0.3, -0.25) is 9.59 Å². The standard InChI is InChI=1S/C36H39N3O6S/c1-44-29-13-14-30-32(29)27-21-45-20-23-19-37-28(18-26(23)33(27)46(30)25-6-3-2-4-7-25)34(42)39-36(16-5-17-36)35(43)38-24-11-8-22(9-12-24)10-15-31(40)41/h8-15,18,21,25,32,37H,2-7,16-17,19-20H2,1H3,(H,38,43)(H,39,42)(H,40,41)/b15-10+. The van der Waals surface area contributed by atoms with Crippen molar-refractivity contribution < 1.29 is 29.0 Å². The summed E-state index contributed by atoms with van der Waals surface area (Å²) < 4.78 is 12.0. The van der Waals surface area contributed by atoms with Crippen LogP contribution in [-0.4, -0.2) is 58.8 Å².